The van der Waals surface area contributed by atoms with Crippen molar-refractivity contribution in [3.63, 3.8) is 0 Å². The van der Waals surface area contributed by atoms with Crippen molar-refractivity contribution in [1.29, 1.82) is 0 Å². The molecular formula is C58H67F3N8O8S. The van der Waals surface area contributed by atoms with Crippen LogP contribution in [0, 0.1) is 21.4 Å². The molecule has 1 unspecified atom stereocenters. The minimum absolute atomic E-state index is 0.0629. The monoisotopic (exact) mass is 1090 g/mol. The molecule has 414 valence electrons. The minimum Gasteiger partial charge on any atom is -0.484 e. The molecule has 4 aliphatic rings. The highest BCUT2D eigenvalue weighted by Crippen LogP contribution is 2.53. The normalized spacial score (nSPS) is 21.4. The lowest BCUT2D eigenvalue weighted by Crippen LogP contribution is -2.60. The highest BCUT2D eigenvalue weighted by Gasteiger charge is 2.50. The summed E-state index contributed by atoms with van der Waals surface area (Å²) in [7, 11) is -4.62. The summed E-state index contributed by atoms with van der Waals surface area (Å²) in [6, 6.07) is 28.3. The first-order chi connectivity index (χ1) is 37.2. The van der Waals surface area contributed by atoms with Crippen LogP contribution in [-0.4, -0.2) is 108 Å². The van der Waals surface area contributed by atoms with Crippen LogP contribution in [0.15, 0.2) is 114 Å². The van der Waals surface area contributed by atoms with Gasteiger partial charge in [-0.25, -0.2) is 18.1 Å². The van der Waals surface area contributed by atoms with E-state index in [9.17, 15) is 41.6 Å². The molecule has 2 saturated heterocycles. The van der Waals surface area contributed by atoms with Crippen LogP contribution in [0.4, 0.5) is 30.2 Å². The van der Waals surface area contributed by atoms with Gasteiger partial charge in [-0.1, -0.05) is 50.2 Å². The summed E-state index contributed by atoms with van der Waals surface area (Å²) in [5.41, 5.74) is 4.17. The fourth-order valence-corrected chi connectivity index (χ4v) is 13.0. The number of nitrogens with zero attached hydrogens (tertiary/aromatic N) is 5. The number of aromatic nitrogens is 2. The third-order valence-electron chi connectivity index (χ3n) is 16.5. The number of piperazine rings is 1. The number of rotatable bonds is 17. The second kappa shape index (κ2) is 22.2. The van der Waals surface area contributed by atoms with E-state index in [-0.39, 0.29) is 40.1 Å². The van der Waals surface area contributed by atoms with Crippen LogP contribution >= 0.6 is 0 Å². The van der Waals surface area contributed by atoms with Gasteiger partial charge in [0.05, 0.1) is 27.2 Å². The van der Waals surface area contributed by atoms with Crippen molar-refractivity contribution in [2.24, 2.45) is 11.3 Å². The van der Waals surface area contributed by atoms with E-state index in [1.807, 2.05) is 18.2 Å². The predicted molar refractivity (Wildman–Crippen MR) is 292 cm³/mol. The zero-order valence-corrected chi connectivity index (χ0v) is 44.9. The molecule has 4 fully saturated rings. The van der Waals surface area contributed by atoms with E-state index in [4.69, 9.17) is 9.47 Å². The number of carbonyl (C=O) groups excluding carboxylic acids is 1. The summed E-state index contributed by atoms with van der Waals surface area (Å²) < 4.78 is 79.5. The fourth-order valence-electron chi connectivity index (χ4n) is 12.0. The van der Waals surface area contributed by atoms with Crippen LogP contribution in [0.25, 0.3) is 11.0 Å². The molecule has 6 aromatic rings. The van der Waals surface area contributed by atoms with Gasteiger partial charge in [-0.05, 0) is 141 Å². The number of pyridine rings is 1. The molecule has 2 aliphatic heterocycles. The third-order valence-corrected chi connectivity index (χ3v) is 17.8. The number of alkyl halides is 3. The SMILES string of the molecule is CC(C)c1ccccc1C1CN(Cc2ccc(OCC(F)(F)F)cc2)CCN1C1CC2(CCN(c3ccc(C(=O)NS(=O)(=O)c4ccc(NCC5CCC(C)(O)CC5)c([N+](=O)[O-])c4)c(Oc4cnc5[nH]ccc5c4)c3)CC2)C1. The minimum atomic E-state index is -4.62. The fraction of sp³-hybridized carbons (Fsp3) is 0.448. The average Bonchev–Trinajstić information content (AvgIpc) is 4.04. The Morgan fingerprint density at radius 3 is 2.40 bits per heavy atom. The number of benzene rings is 4. The molecule has 78 heavy (non-hydrogen) atoms. The van der Waals surface area contributed by atoms with Crippen molar-refractivity contribution in [2.75, 3.05) is 56.1 Å². The quantitative estimate of drug-likeness (QED) is 0.0498. The number of ether oxygens (including phenoxy) is 2. The Morgan fingerprint density at radius 1 is 0.936 bits per heavy atom. The van der Waals surface area contributed by atoms with Crippen molar-refractivity contribution in [2.45, 2.75) is 113 Å². The third kappa shape index (κ3) is 12.6. The number of nitrogens with one attached hydrogen (secondary N) is 3. The summed E-state index contributed by atoms with van der Waals surface area (Å²) in [6.07, 6.45) is 5.62. The molecule has 0 radical (unpaired) electrons. The Kier molecular flexibility index (Phi) is 15.5. The topological polar surface area (TPSA) is 195 Å². The second-order valence-corrected chi connectivity index (χ2v) is 24.1. The number of amides is 1. The van der Waals surface area contributed by atoms with E-state index in [2.05, 4.69) is 72.8 Å². The number of sulfonamides is 1. The van der Waals surface area contributed by atoms with Crippen molar-refractivity contribution >= 4 is 44.0 Å². The van der Waals surface area contributed by atoms with Crippen molar-refractivity contribution in [3.05, 3.63) is 142 Å². The first kappa shape index (κ1) is 54.6. The number of hydrogen-bond acceptors (Lipinski definition) is 13. The van der Waals surface area contributed by atoms with Crippen LogP contribution in [0.2, 0.25) is 0 Å². The maximum absolute atomic E-state index is 14.1. The summed E-state index contributed by atoms with van der Waals surface area (Å²) in [4.78, 5) is 40.2. The number of fused-ring (bicyclic) bond motifs is 1. The zero-order chi connectivity index (χ0) is 55.0. The zero-order valence-electron chi connectivity index (χ0n) is 44.1. The van der Waals surface area contributed by atoms with Gasteiger partial charge in [-0.15, -0.1) is 0 Å². The summed E-state index contributed by atoms with van der Waals surface area (Å²) in [5.74, 6) is 0.155. The molecule has 1 atom stereocenters. The number of piperidine rings is 1. The van der Waals surface area contributed by atoms with Crippen LogP contribution in [0.1, 0.15) is 111 Å². The largest absolute Gasteiger partial charge is 0.484 e. The Morgan fingerprint density at radius 2 is 1.68 bits per heavy atom. The van der Waals surface area contributed by atoms with Gasteiger partial charge >= 0.3 is 6.18 Å². The number of carbonyl (C=O) groups is 1. The summed E-state index contributed by atoms with van der Waals surface area (Å²) in [5, 5.41) is 26.5. The number of nitro groups is 1. The second-order valence-electron chi connectivity index (χ2n) is 22.4. The number of aromatic amines is 1. The molecule has 4 heterocycles. The summed E-state index contributed by atoms with van der Waals surface area (Å²) in [6.45, 7) is 10.1. The van der Waals surface area contributed by atoms with E-state index in [1.165, 1.54) is 29.5 Å². The maximum Gasteiger partial charge on any atom is 0.422 e. The predicted octanol–water partition coefficient (Wildman–Crippen LogP) is 11.1. The van der Waals surface area contributed by atoms with Crippen LogP contribution in [0.3, 0.4) is 0 Å². The molecule has 0 bridgehead atoms. The number of anilines is 2. The highest BCUT2D eigenvalue weighted by atomic mass is 32.2. The van der Waals surface area contributed by atoms with E-state index < -0.39 is 49.8 Å². The Hall–Kier alpha value is -6.74. The van der Waals surface area contributed by atoms with E-state index in [0.717, 1.165) is 94.0 Å². The maximum atomic E-state index is 14.1. The molecular weight excluding hydrogens is 1030 g/mol. The van der Waals surface area contributed by atoms with E-state index >= 15 is 0 Å². The molecule has 16 nitrogen and oxygen atoms in total. The van der Waals surface area contributed by atoms with Gasteiger partial charge in [-0.2, -0.15) is 13.2 Å². The Bertz CT molecular complexity index is 3240. The van der Waals surface area contributed by atoms with Crippen molar-refractivity contribution in [3.8, 4) is 17.2 Å². The van der Waals surface area contributed by atoms with Crippen LogP contribution in [-0.2, 0) is 16.6 Å². The number of hydrogen-bond donors (Lipinski definition) is 4. The molecule has 1 spiro atoms. The lowest BCUT2D eigenvalue weighted by Gasteiger charge is -2.58. The first-order valence-electron chi connectivity index (χ1n) is 26.9. The lowest BCUT2D eigenvalue weighted by atomic mass is 9.59. The van der Waals surface area contributed by atoms with Crippen molar-refractivity contribution < 1.29 is 45.9 Å². The molecule has 2 aliphatic carbocycles. The van der Waals surface area contributed by atoms with Crippen LogP contribution < -0.4 is 24.4 Å². The van der Waals surface area contributed by atoms with E-state index in [1.54, 1.807) is 49.5 Å². The Balaban J connectivity index is 0.817. The van der Waals surface area contributed by atoms with Gasteiger partial charge in [0.15, 0.2) is 6.61 Å². The van der Waals surface area contributed by atoms with Gasteiger partial charge in [0, 0.05) is 87.3 Å². The molecule has 20 heteroatoms. The first-order valence-corrected chi connectivity index (χ1v) is 28.3. The van der Waals surface area contributed by atoms with Gasteiger partial charge < -0.3 is 29.8 Å². The molecule has 10 rings (SSSR count). The highest BCUT2D eigenvalue weighted by molar-refractivity contribution is 7.90. The van der Waals surface area contributed by atoms with Crippen molar-refractivity contribution in [1.82, 2.24) is 24.5 Å². The van der Waals surface area contributed by atoms with Gasteiger partial charge in [0.25, 0.3) is 21.6 Å². The number of H-pyrrole nitrogens is 1. The average molecular weight is 1090 g/mol. The summed E-state index contributed by atoms with van der Waals surface area (Å²) >= 11 is 0. The number of nitro benzene ring substituents is 1. The standard InChI is InChI=1S/C58H67F3N8O8S/c1-38(2)47-6-4-5-7-48(47)52-36-66(35-40-8-11-44(12-9-40)76-37-58(59,60)61)26-27-68(52)43-31-57(32-43)21-24-67(25-22-57)42-10-14-49(53(29-42)77-45-28-41-18-23-62-54(41)64-34-45)55(70)65-78(74,75)46-13-15-50(51(30-46)69(72)73)63-33-39-16-19-56(3,71)20-17-39/h4-15,18,23,28-30,34,38-39,43,52,63,71H,16-17,19-22,24-27,31-33,35-37H2,1-3H3,(H,62,64)(H,65,70). The molecule has 2 saturated carbocycles. The van der Waals surface area contributed by atoms with Crippen LogP contribution in [0.5, 0.6) is 17.2 Å². The van der Waals surface area contributed by atoms with Gasteiger partial charge in [-0.3, -0.25) is 24.7 Å². The number of aliphatic hydroxyl groups is 1. The smallest absolute Gasteiger partial charge is 0.422 e. The molecule has 1 amide bonds. The number of halogens is 3. The van der Waals surface area contributed by atoms with E-state index in [0.29, 0.717) is 49.3 Å². The molecule has 4 N–H and O–H groups in total. The lowest BCUT2D eigenvalue weighted by molar-refractivity contribution is -0.384. The molecule has 2 aromatic heterocycles. The van der Waals surface area contributed by atoms with Gasteiger partial charge in [0.2, 0.25) is 0 Å². The Labute approximate surface area is 452 Å². The molecule has 4 aromatic carbocycles. The van der Waals surface area contributed by atoms with Gasteiger partial charge in [0.1, 0.15) is 28.6 Å².